The lowest BCUT2D eigenvalue weighted by molar-refractivity contribution is -0.130. The zero-order valence-corrected chi connectivity index (χ0v) is 35.7. The second-order valence-corrected chi connectivity index (χ2v) is 18.0. The van der Waals surface area contributed by atoms with Gasteiger partial charge in [0, 0.05) is 58.4 Å². The number of rotatable bonds is 11. The fourth-order valence-electron chi connectivity index (χ4n) is 7.58. The Morgan fingerprint density at radius 2 is 1.42 bits per heavy atom. The number of nitrogen functional groups attached to an aromatic ring is 1. The normalized spacial score (nSPS) is 17.8. The van der Waals surface area contributed by atoms with Crippen LogP contribution in [-0.2, 0) is 20.7 Å². The molecule has 0 unspecified atom stereocenters. The Kier molecular flexibility index (Phi) is 15.4. The standard InChI is InChI=1S/C40H59N7O5.C3H8O2/c1-28(48)44-22-17-31(18-23-44)33-26-47(36-34(33)35(41)42-27-43-36)32-15-14-30(24-32)25-46(38(50)52-40(5,6)7)20-11-19-45(37(49)51-39(2,3)4)21-16-29-12-9-8-10-13-29;1-3(2,4)5/h8-10,12-13,26-27,30-32H,11,14-25H2,1-7H3,(H2,41,42,43);4-5H,1-2H3/t30-,32+;/m1./s1. The molecule has 2 fully saturated rings. The molecule has 0 bridgehead atoms. The van der Waals surface area contributed by atoms with Crippen molar-refractivity contribution >= 4 is 34.9 Å². The van der Waals surface area contributed by atoms with E-state index in [4.69, 9.17) is 30.4 Å². The number of fused-ring (bicyclic) bond motifs is 1. The molecule has 3 heterocycles. The molecule has 3 amide bonds. The number of ether oxygens (including phenoxy) is 2. The van der Waals surface area contributed by atoms with Crippen LogP contribution in [0.25, 0.3) is 11.0 Å². The highest BCUT2D eigenvalue weighted by Gasteiger charge is 2.34. The van der Waals surface area contributed by atoms with Crippen molar-refractivity contribution in [3.05, 3.63) is 54.0 Å². The van der Waals surface area contributed by atoms with Crippen LogP contribution in [0.5, 0.6) is 0 Å². The summed E-state index contributed by atoms with van der Waals surface area (Å²) in [7, 11) is 0. The van der Waals surface area contributed by atoms with Crippen molar-refractivity contribution in [3.63, 3.8) is 0 Å². The van der Waals surface area contributed by atoms with Gasteiger partial charge in [-0.3, -0.25) is 4.79 Å². The first kappa shape index (κ1) is 45.3. The molecule has 14 heteroatoms. The summed E-state index contributed by atoms with van der Waals surface area (Å²) in [4.78, 5) is 53.4. The summed E-state index contributed by atoms with van der Waals surface area (Å²) in [5, 5.41) is 17.1. The molecule has 1 saturated carbocycles. The molecule has 1 aliphatic carbocycles. The van der Waals surface area contributed by atoms with E-state index in [1.807, 2.05) is 69.5 Å². The number of aliphatic hydroxyl groups is 2. The van der Waals surface area contributed by atoms with Crippen molar-refractivity contribution < 1.29 is 34.1 Å². The van der Waals surface area contributed by atoms with Crippen LogP contribution >= 0.6 is 0 Å². The van der Waals surface area contributed by atoms with Crippen molar-refractivity contribution in [2.24, 2.45) is 5.92 Å². The van der Waals surface area contributed by atoms with E-state index in [0.717, 1.165) is 67.4 Å². The lowest BCUT2D eigenvalue weighted by atomic mass is 9.89. The molecule has 1 aromatic carbocycles. The smallest absolute Gasteiger partial charge is 0.410 e. The van der Waals surface area contributed by atoms with E-state index in [2.05, 4.69) is 27.9 Å². The zero-order chi connectivity index (χ0) is 42.1. The molecular formula is C43H67N7O7. The number of benzene rings is 1. The summed E-state index contributed by atoms with van der Waals surface area (Å²) in [5.74, 6) is -0.357. The number of likely N-dealkylation sites (tertiary alicyclic amines) is 1. The van der Waals surface area contributed by atoms with Crippen molar-refractivity contribution in [2.75, 3.05) is 45.0 Å². The van der Waals surface area contributed by atoms with Crippen LogP contribution in [0, 0.1) is 5.92 Å². The summed E-state index contributed by atoms with van der Waals surface area (Å²) in [6, 6.07) is 10.3. The molecule has 4 N–H and O–H groups in total. The second kappa shape index (κ2) is 19.3. The van der Waals surface area contributed by atoms with Crippen LogP contribution in [0.4, 0.5) is 15.4 Å². The van der Waals surface area contributed by atoms with Crippen molar-refractivity contribution in [2.45, 2.75) is 136 Å². The van der Waals surface area contributed by atoms with Gasteiger partial charge in [-0.2, -0.15) is 0 Å². The number of piperidine rings is 1. The van der Waals surface area contributed by atoms with Gasteiger partial charge in [0.15, 0.2) is 5.79 Å². The predicted molar refractivity (Wildman–Crippen MR) is 221 cm³/mol. The number of carbonyl (C=O) groups excluding carboxylic acids is 3. The number of aromatic nitrogens is 3. The fraction of sp³-hybridized carbons (Fsp3) is 0.651. The van der Waals surface area contributed by atoms with Crippen LogP contribution in [0.3, 0.4) is 0 Å². The van der Waals surface area contributed by atoms with Gasteiger partial charge in [-0.15, -0.1) is 0 Å². The second-order valence-electron chi connectivity index (χ2n) is 18.0. The van der Waals surface area contributed by atoms with E-state index >= 15 is 0 Å². The molecule has 316 valence electrons. The maximum Gasteiger partial charge on any atom is 0.410 e. The molecule has 2 aliphatic rings. The Hall–Kier alpha value is -4.43. The minimum Gasteiger partial charge on any atom is -0.444 e. The molecule has 1 aliphatic heterocycles. The van der Waals surface area contributed by atoms with Gasteiger partial charge in [-0.25, -0.2) is 19.6 Å². The number of nitrogens with zero attached hydrogens (tertiary/aromatic N) is 6. The van der Waals surface area contributed by atoms with Crippen LogP contribution in [0.15, 0.2) is 42.9 Å². The van der Waals surface area contributed by atoms with Crippen molar-refractivity contribution in [1.82, 2.24) is 29.2 Å². The molecule has 3 aromatic rings. The maximum atomic E-state index is 13.6. The Morgan fingerprint density at radius 1 is 0.842 bits per heavy atom. The Morgan fingerprint density at radius 3 is 2.00 bits per heavy atom. The van der Waals surface area contributed by atoms with Crippen molar-refractivity contribution in [3.8, 4) is 0 Å². The average molecular weight is 794 g/mol. The first-order valence-electron chi connectivity index (χ1n) is 20.4. The Bertz CT molecular complexity index is 1760. The highest BCUT2D eigenvalue weighted by atomic mass is 16.6. The van der Waals surface area contributed by atoms with E-state index < -0.39 is 17.0 Å². The minimum atomic E-state index is -1.50. The Labute approximate surface area is 338 Å². The molecule has 5 rings (SSSR count). The fourth-order valence-corrected chi connectivity index (χ4v) is 7.58. The van der Waals surface area contributed by atoms with Crippen LogP contribution in [0.1, 0.15) is 124 Å². The van der Waals surface area contributed by atoms with Gasteiger partial charge in [-0.1, -0.05) is 30.3 Å². The molecular weight excluding hydrogens is 727 g/mol. The summed E-state index contributed by atoms with van der Waals surface area (Å²) in [6.07, 6.45) is 8.93. The molecule has 2 atom stereocenters. The quantitative estimate of drug-likeness (QED) is 0.173. The Balaban J connectivity index is 0.00000135. The van der Waals surface area contributed by atoms with E-state index in [0.29, 0.717) is 44.8 Å². The molecule has 57 heavy (non-hydrogen) atoms. The third-order valence-electron chi connectivity index (χ3n) is 10.1. The lowest BCUT2D eigenvalue weighted by Crippen LogP contribution is -2.42. The van der Waals surface area contributed by atoms with Gasteiger partial charge in [0.2, 0.25) is 5.91 Å². The van der Waals surface area contributed by atoms with Gasteiger partial charge < -0.3 is 44.7 Å². The highest BCUT2D eigenvalue weighted by molar-refractivity contribution is 5.90. The monoisotopic (exact) mass is 794 g/mol. The number of anilines is 1. The predicted octanol–water partition coefficient (Wildman–Crippen LogP) is 6.89. The van der Waals surface area contributed by atoms with Crippen molar-refractivity contribution in [1.29, 1.82) is 0 Å². The van der Waals surface area contributed by atoms with E-state index in [1.165, 1.54) is 20.2 Å². The van der Waals surface area contributed by atoms with E-state index in [-0.39, 0.29) is 36.0 Å². The van der Waals surface area contributed by atoms with Gasteiger partial charge in [-0.05, 0) is 123 Å². The summed E-state index contributed by atoms with van der Waals surface area (Å²) < 4.78 is 13.9. The van der Waals surface area contributed by atoms with Gasteiger partial charge >= 0.3 is 12.2 Å². The molecule has 0 radical (unpaired) electrons. The number of hydrogen-bond donors (Lipinski definition) is 3. The SMILES string of the molecule is CC(=O)N1CCC(c2cn([C@H]3CC[C@@H](CN(CCCN(CCc4ccccc4)C(=O)OC(C)(C)C)C(=O)OC(C)(C)C)C3)c3ncnc(N)c23)CC1.CC(C)(O)O. The van der Waals surface area contributed by atoms with Crippen LogP contribution in [0.2, 0.25) is 0 Å². The summed E-state index contributed by atoms with van der Waals surface area (Å²) in [5.41, 5.74) is 8.40. The molecule has 1 saturated heterocycles. The lowest BCUT2D eigenvalue weighted by Gasteiger charge is -2.31. The van der Waals surface area contributed by atoms with Gasteiger partial charge in [0.05, 0.1) is 5.39 Å². The third-order valence-corrected chi connectivity index (χ3v) is 10.1. The van der Waals surface area contributed by atoms with Gasteiger partial charge in [0.1, 0.15) is 29.0 Å². The number of nitrogens with two attached hydrogens (primary N) is 1. The van der Waals surface area contributed by atoms with E-state index in [1.54, 1.807) is 11.8 Å². The number of amides is 3. The largest absolute Gasteiger partial charge is 0.444 e. The third kappa shape index (κ3) is 14.5. The number of hydrogen-bond acceptors (Lipinski definition) is 10. The molecule has 0 spiro atoms. The number of carbonyl (C=O) groups is 3. The highest BCUT2D eigenvalue weighted by Crippen LogP contribution is 2.42. The van der Waals surface area contributed by atoms with Crippen LogP contribution in [-0.4, -0.2) is 114 Å². The summed E-state index contributed by atoms with van der Waals surface area (Å²) in [6.45, 7) is 19.0. The first-order chi connectivity index (χ1) is 26.6. The minimum absolute atomic E-state index is 0.115. The van der Waals surface area contributed by atoms with Crippen LogP contribution < -0.4 is 5.73 Å². The first-order valence-corrected chi connectivity index (χ1v) is 20.4. The van der Waals surface area contributed by atoms with Gasteiger partial charge in [0.25, 0.3) is 0 Å². The summed E-state index contributed by atoms with van der Waals surface area (Å²) >= 11 is 0. The molecule has 14 nitrogen and oxygen atoms in total. The molecule has 2 aromatic heterocycles. The maximum absolute atomic E-state index is 13.6. The van der Waals surface area contributed by atoms with E-state index in [9.17, 15) is 14.4 Å². The zero-order valence-electron chi connectivity index (χ0n) is 35.7. The average Bonchev–Trinajstić information content (AvgIpc) is 3.73. The topological polar surface area (TPSA) is 177 Å².